The molecule has 0 saturated carbocycles. The van der Waals surface area contributed by atoms with Crippen LogP contribution in [0.15, 0.2) is 0 Å². The van der Waals surface area contributed by atoms with Gasteiger partial charge in [-0.1, -0.05) is 41.2 Å². The summed E-state index contributed by atoms with van der Waals surface area (Å²) >= 11 is 7.12. The molecule has 3 atom stereocenters. The van der Waals surface area contributed by atoms with Gasteiger partial charge in [-0.3, -0.25) is 9.59 Å². The number of hydrogen-bond acceptors (Lipinski definition) is 5. The minimum Gasteiger partial charge on any atom is -0.467 e. The first kappa shape index (κ1) is 24.0. The van der Waals surface area contributed by atoms with Crippen LogP contribution in [0.4, 0.5) is 0 Å². The van der Waals surface area contributed by atoms with Crippen molar-refractivity contribution in [2.45, 2.75) is 52.1 Å². The van der Waals surface area contributed by atoms with E-state index >= 15 is 0 Å². The number of methoxy groups -OCH3 is 1. The normalized spacial score (nSPS) is 14.0. The molecule has 0 bridgehead atoms. The average molecular weight is 485 g/mol. The van der Waals surface area contributed by atoms with Gasteiger partial charge < -0.3 is 20.7 Å². The molecule has 0 aromatic heterocycles. The van der Waals surface area contributed by atoms with Crippen molar-refractivity contribution in [1.82, 2.24) is 16.0 Å². The summed E-state index contributed by atoms with van der Waals surface area (Å²) in [7, 11) is 1.25. The Hall–Kier alpha value is -0.970. The standard InChI is InChI=1S/C16H28IN3O4S/c1-10(14(21)20-11(2)16(23)24-4)19-15(22)13(9-17)7-5-6-8-18-12(3)25/h10-11,13H,5-9H2,1-4H3,(H,18,25)(H,19,22)(H,20,21)/t10-,11-,13+/m0/s1. The quantitative estimate of drug-likeness (QED) is 0.134. The van der Waals surface area contributed by atoms with Gasteiger partial charge in [0.25, 0.3) is 0 Å². The lowest BCUT2D eigenvalue weighted by Crippen LogP contribution is -2.50. The van der Waals surface area contributed by atoms with E-state index in [4.69, 9.17) is 12.2 Å². The Balaban J connectivity index is 4.30. The van der Waals surface area contributed by atoms with Crippen molar-refractivity contribution in [3.8, 4) is 0 Å². The molecule has 0 radical (unpaired) electrons. The third-order valence-electron chi connectivity index (χ3n) is 3.58. The van der Waals surface area contributed by atoms with Crippen LogP contribution in [0.3, 0.4) is 0 Å². The average Bonchev–Trinajstić information content (AvgIpc) is 2.56. The van der Waals surface area contributed by atoms with E-state index < -0.39 is 24.0 Å². The summed E-state index contributed by atoms with van der Waals surface area (Å²) in [5.74, 6) is -1.25. The molecule has 25 heavy (non-hydrogen) atoms. The maximum atomic E-state index is 12.3. The van der Waals surface area contributed by atoms with E-state index in [9.17, 15) is 14.4 Å². The molecule has 0 aliphatic rings. The van der Waals surface area contributed by atoms with E-state index in [2.05, 4.69) is 43.3 Å². The van der Waals surface area contributed by atoms with E-state index in [1.165, 1.54) is 14.0 Å². The maximum Gasteiger partial charge on any atom is 0.328 e. The van der Waals surface area contributed by atoms with Crippen LogP contribution in [0.25, 0.3) is 0 Å². The second-order valence-corrected chi connectivity index (χ2v) is 7.31. The molecule has 0 aliphatic carbocycles. The van der Waals surface area contributed by atoms with Gasteiger partial charge >= 0.3 is 5.97 Å². The molecule has 9 heteroatoms. The molecular formula is C16H28IN3O4S. The van der Waals surface area contributed by atoms with Crippen LogP contribution in [0.5, 0.6) is 0 Å². The number of halogens is 1. The number of carbonyl (C=O) groups excluding carboxylic acids is 3. The Bertz CT molecular complexity index is 476. The molecular weight excluding hydrogens is 457 g/mol. The summed E-state index contributed by atoms with van der Waals surface area (Å²) in [5, 5.41) is 8.30. The van der Waals surface area contributed by atoms with Crippen LogP contribution in [-0.2, 0) is 19.1 Å². The van der Waals surface area contributed by atoms with Gasteiger partial charge in [0.15, 0.2) is 0 Å². The van der Waals surface area contributed by atoms with Crippen molar-refractivity contribution in [3.63, 3.8) is 0 Å². The molecule has 0 aliphatic heterocycles. The molecule has 0 aromatic rings. The highest BCUT2D eigenvalue weighted by atomic mass is 127. The molecule has 0 rings (SSSR count). The van der Waals surface area contributed by atoms with E-state index in [-0.39, 0.29) is 11.8 Å². The molecule has 0 heterocycles. The number of ether oxygens (including phenoxy) is 1. The predicted octanol–water partition coefficient (Wildman–Crippen LogP) is 1.33. The zero-order chi connectivity index (χ0) is 19.4. The highest BCUT2D eigenvalue weighted by molar-refractivity contribution is 14.1. The Morgan fingerprint density at radius 3 is 2.20 bits per heavy atom. The van der Waals surface area contributed by atoms with Crippen LogP contribution >= 0.6 is 34.8 Å². The number of unbranched alkanes of at least 4 members (excludes halogenated alkanes) is 1. The van der Waals surface area contributed by atoms with E-state index in [1.54, 1.807) is 6.92 Å². The molecule has 7 nitrogen and oxygen atoms in total. The summed E-state index contributed by atoms with van der Waals surface area (Å²) in [5.41, 5.74) is 0. The second kappa shape index (κ2) is 13.3. The fourth-order valence-corrected chi connectivity index (χ4v) is 2.97. The van der Waals surface area contributed by atoms with E-state index in [1.807, 2.05) is 6.92 Å². The number of thiocarbonyl (C=S) groups is 1. The van der Waals surface area contributed by atoms with E-state index in [0.717, 1.165) is 30.8 Å². The van der Waals surface area contributed by atoms with Crippen LogP contribution < -0.4 is 16.0 Å². The van der Waals surface area contributed by atoms with Gasteiger partial charge in [-0.05, 0) is 33.6 Å². The van der Waals surface area contributed by atoms with Crippen molar-refractivity contribution in [1.29, 1.82) is 0 Å². The summed E-state index contributed by atoms with van der Waals surface area (Å²) in [6.45, 7) is 5.76. The first-order chi connectivity index (χ1) is 11.7. The number of hydrogen-bond donors (Lipinski definition) is 3. The minimum absolute atomic E-state index is 0.151. The highest BCUT2D eigenvalue weighted by Crippen LogP contribution is 2.12. The first-order valence-electron chi connectivity index (χ1n) is 8.21. The zero-order valence-electron chi connectivity index (χ0n) is 15.2. The van der Waals surface area contributed by atoms with Crippen molar-refractivity contribution in [3.05, 3.63) is 0 Å². The first-order valence-corrected chi connectivity index (χ1v) is 10.1. The number of rotatable bonds is 11. The third kappa shape index (κ3) is 10.6. The van der Waals surface area contributed by atoms with Crippen LogP contribution in [0.1, 0.15) is 40.0 Å². The predicted molar refractivity (Wildman–Crippen MR) is 110 cm³/mol. The number of amides is 2. The number of esters is 1. The second-order valence-electron chi connectivity index (χ2n) is 5.81. The molecule has 0 fully saturated rings. The number of nitrogens with one attached hydrogen (secondary N) is 3. The fraction of sp³-hybridized carbons (Fsp3) is 0.750. The smallest absolute Gasteiger partial charge is 0.328 e. The highest BCUT2D eigenvalue weighted by Gasteiger charge is 2.24. The Morgan fingerprint density at radius 2 is 1.68 bits per heavy atom. The third-order valence-corrected chi connectivity index (χ3v) is 4.78. The summed E-state index contributed by atoms with van der Waals surface area (Å²) in [6.07, 6.45) is 2.58. The van der Waals surface area contributed by atoms with Gasteiger partial charge in [-0.15, -0.1) is 0 Å². The lowest BCUT2D eigenvalue weighted by atomic mass is 10.0. The molecule has 144 valence electrons. The van der Waals surface area contributed by atoms with Gasteiger partial charge in [0.2, 0.25) is 11.8 Å². The monoisotopic (exact) mass is 485 g/mol. The van der Waals surface area contributed by atoms with Gasteiger partial charge in [0.1, 0.15) is 12.1 Å². The van der Waals surface area contributed by atoms with Crippen molar-refractivity contribution < 1.29 is 19.1 Å². The number of alkyl halides is 1. The Labute approximate surface area is 168 Å². The minimum atomic E-state index is -0.755. The van der Waals surface area contributed by atoms with Gasteiger partial charge in [0.05, 0.1) is 12.1 Å². The summed E-state index contributed by atoms with van der Waals surface area (Å²) < 4.78 is 5.23. The van der Waals surface area contributed by atoms with Crippen LogP contribution in [0, 0.1) is 5.92 Å². The lowest BCUT2D eigenvalue weighted by molar-refractivity contribution is -0.144. The molecule has 0 unspecified atom stereocenters. The largest absolute Gasteiger partial charge is 0.467 e. The Morgan fingerprint density at radius 1 is 1.08 bits per heavy atom. The lowest BCUT2D eigenvalue weighted by Gasteiger charge is -2.20. The fourth-order valence-electron chi connectivity index (χ4n) is 2.03. The molecule has 0 aromatic carbocycles. The van der Waals surface area contributed by atoms with Crippen molar-refractivity contribution in [2.24, 2.45) is 5.92 Å². The van der Waals surface area contributed by atoms with E-state index in [0.29, 0.717) is 4.43 Å². The van der Waals surface area contributed by atoms with Crippen molar-refractivity contribution in [2.75, 3.05) is 18.1 Å². The van der Waals surface area contributed by atoms with Crippen LogP contribution in [-0.4, -0.2) is 52.9 Å². The SMILES string of the molecule is COC(=O)[C@H](C)NC(=O)[C@H](C)NC(=O)[C@@H](CI)CCCCNC(C)=S. The van der Waals surface area contributed by atoms with Crippen LogP contribution in [0.2, 0.25) is 0 Å². The Kier molecular flexibility index (Phi) is 12.7. The zero-order valence-corrected chi connectivity index (χ0v) is 18.2. The maximum absolute atomic E-state index is 12.3. The molecule has 0 saturated heterocycles. The topological polar surface area (TPSA) is 96.5 Å². The summed E-state index contributed by atoms with van der Waals surface area (Å²) in [6, 6.07) is -1.47. The van der Waals surface area contributed by atoms with Gasteiger partial charge in [-0.2, -0.15) is 0 Å². The van der Waals surface area contributed by atoms with Gasteiger partial charge in [-0.25, -0.2) is 4.79 Å². The molecule has 3 N–H and O–H groups in total. The van der Waals surface area contributed by atoms with Gasteiger partial charge in [0, 0.05) is 16.9 Å². The van der Waals surface area contributed by atoms with Crippen molar-refractivity contribution >= 4 is 57.6 Å². The molecule has 2 amide bonds. The molecule has 0 spiro atoms. The summed E-state index contributed by atoms with van der Waals surface area (Å²) in [4.78, 5) is 36.4. The number of carbonyl (C=O) groups is 3.